The molecule has 0 bridgehead atoms. The number of nitrogens with one attached hydrogen (secondary N) is 1. The summed E-state index contributed by atoms with van der Waals surface area (Å²) in [6.45, 7) is 6.28. The van der Waals surface area contributed by atoms with E-state index in [-0.39, 0.29) is 11.8 Å². The van der Waals surface area contributed by atoms with Gasteiger partial charge in [0.1, 0.15) is 11.5 Å². The summed E-state index contributed by atoms with van der Waals surface area (Å²) in [6.07, 6.45) is 3.74. The van der Waals surface area contributed by atoms with Crippen LogP contribution in [0.15, 0.2) is 30.5 Å². The number of likely N-dealkylation sites (tertiary alicyclic amines) is 1. The number of nitrogens with zero attached hydrogens (tertiary/aromatic N) is 4. The van der Waals surface area contributed by atoms with E-state index in [0.29, 0.717) is 18.8 Å². The fourth-order valence-electron chi connectivity index (χ4n) is 3.70. The molecule has 6 heteroatoms. The number of para-hydroxylation sites is 1. The lowest BCUT2D eigenvalue weighted by Crippen LogP contribution is -2.40. The van der Waals surface area contributed by atoms with Crippen molar-refractivity contribution in [1.29, 1.82) is 0 Å². The van der Waals surface area contributed by atoms with Crippen LogP contribution in [-0.4, -0.2) is 43.6 Å². The number of fused-ring (bicyclic) bond motifs is 1. The highest BCUT2D eigenvalue weighted by atomic mass is 16.2. The number of benzene rings is 1. The molecule has 1 N–H and O–H groups in total. The SMILES string of the molecule is CCn1nccc1C(=O)N1CCC[C@H](c2nc3c(C)cccc3[nH]2)C1. The van der Waals surface area contributed by atoms with Crippen LogP contribution in [0, 0.1) is 6.92 Å². The van der Waals surface area contributed by atoms with Crippen LogP contribution in [0.4, 0.5) is 0 Å². The topological polar surface area (TPSA) is 66.8 Å². The normalized spacial score (nSPS) is 18.0. The molecule has 2 aromatic heterocycles. The molecule has 1 aliphatic heterocycles. The minimum atomic E-state index is 0.0661. The average molecular weight is 337 g/mol. The summed E-state index contributed by atoms with van der Waals surface area (Å²) in [6, 6.07) is 7.99. The fourth-order valence-corrected chi connectivity index (χ4v) is 3.70. The lowest BCUT2D eigenvalue weighted by atomic mass is 9.97. The van der Waals surface area contributed by atoms with E-state index in [0.717, 1.165) is 36.2 Å². The number of aryl methyl sites for hydroxylation is 2. The van der Waals surface area contributed by atoms with E-state index in [1.807, 2.05) is 17.9 Å². The average Bonchev–Trinajstić information content (AvgIpc) is 3.28. The molecule has 4 rings (SSSR count). The van der Waals surface area contributed by atoms with E-state index in [4.69, 9.17) is 4.98 Å². The van der Waals surface area contributed by atoms with Gasteiger partial charge in [-0.15, -0.1) is 0 Å². The Morgan fingerprint density at radius 2 is 2.24 bits per heavy atom. The molecule has 130 valence electrons. The van der Waals surface area contributed by atoms with E-state index in [1.54, 1.807) is 16.9 Å². The molecule has 25 heavy (non-hydrogen) atoms. The van der Waals surface area contributed by atoms with Crippen LogP contribution in [0.25, 0.3) is 11.0 Å². The molecule has 1 amide bonds. The van der Waals surface area contributed by atoms with Crippen LogP contribution in [0.3, 0.4) is 0 Å². The summed E-state index contributed by atoms with van der Waals surface area (Å²) in [5.74, 6) is 1.31. The summed E-state index contributed by atoms with van der Waals surface area (Å²) in [5.41, 5.74) is 3.95. The van der Waals surface area contributed by atoms with Gasteiger partial charge in [-0.25, -0.2) is 4.98 Å². The molecule has 3 heterocycles. The molecule has 1 aliphatic rings. The van der Waals surface area contributed by atoms with Gasteiger partial charge in [-0.3, -0.25) is 9.48 Å². The summed E-state index contributed by atoms with van der Waals surface area (Å²) in [5, 5.41) is 4.22. The van der Waals surface area contributed by atoms with Crippen molar-refractivity contribution >= 4 is 16.9 Å². The van der Waals surface area contributed by atoms with Crippen molar-refractivity contribution in [2.75, 3.05) is 13.1 Å². The molecule has 1 fully saturated rings. The maximum Gasteiger partial charge on any atom is 0.272 e. The molecule has 3 aromatic rings. The number of carbonyl (C=O) groups excluding carboxylic acids is 1. The zero-order valence-corrected chi connectivity index (χ0v) is 14.7. The number of amides is 1. The second-order valence-electron chi connectivity index (χ2n) is 6.72. The van der Waals surface area contributed by atoms with Gasteiger partial charge in [-0.05, 0) is 44.4 Å². The highest BCUT2D eigenvalue weighted by Gasteiger charge is 2.28. The molecule has 1 atom stereocenters. The first-order valence-corrected chi connectivity index (χ1v) is 8.93. The summed E-state index contributed by atoms with van der Waals surface area (Å²) in [4.78, 5) is 23.1. The van der Waals surface area contributed by atoms with Gasteiger partial charge >= 0.3 is 0 Å². The third-order valence-electron chi connectivity index (χ3n) is 5.06. The van der Waals surface area contributed by atoms with Crippen molar-refractivity contribution < 1.29 is 4.79 Å². The second-order valence-corrected chi connectivity index (χ2v) is 6.72. The Morgan fingerprint density at radius 1 is 1.36 bits per heavy atom. The van der Waals surface area contributed by atoms with E-state index in [2.05, 4.69) is 29.1 Å². The number of rotatable bonds is 3. The predicted octanol–water partition coefficient (Wildman–Crippen LogP) is 3.11. The van der Waals surface area contributed by atoms with Crippen LogP contribution in [0.2, 0.25) is 0 Å². The first-order valence-electron chi connectivity index (χ1n) is 8.93. The fraction of sp³-hybridized carbons (Fsp3) is 0.421. The zero-order valence-electron chi connectivity index (χ0n) is 14.7. The number of carbonyl (C=O) groups is 1. The molecule has 0 aliphatic carbocycles. The van der Waals surface area contributed by atoms with E-state index in [1.165, 1.54) is 5.56 Å². The van der Waals surface area contributed by atoms with Gasteiger partial charge in [-0.1, -0.05) is 12.1 Å². The largest absolute Gasteiger partial charge is 0.342 e. The Hall–Kier alpha value is -2.63. The third-order valence-corrected chi connectivity index (χ3v) is 5.06. The van der Waals surface area contributed by atoms with Crippen LogP contribution < -0.4 is 0 Å². The zero-order chi connectivity index (χ0) is 17.4. The number of piperidine rings is 1. The monoisotopic (exact) mass is 337 g/mol. The summed E-state index contributed by atoms with van der Waals surface area (Å²) < 4.78 is 1.76. The van der Waals surface area contributed by atoms with Gasteiger partial charge in [0, 0.05) is 31.7 Å². The van der Waals surface area contributed by atoms with Crippen molar-refractivity contribution in [1.82, 2.24) is 24.6 Å². The number of imidazole rings is 1. The number of aromatic nitrogens is 4. The molecule has 0 unspecified atom stereocenters. The Labute approximate surface area is 146 Å². The molecule has 0 spiro atoms. The number of H-pyrrole nitrogens is 1. The van der Waals surface area contributed by atoms with Gasteiger partial charge < -0.3 is 9.88 Å². The van der Waals surface area contributed by atoms with E-state index in [9.17, 15) is 4.79 Å². The highest BCUT2D eigenvalue weighted by molar-refractivity contribution is 5.92. The van der Waals surface area contributed by atoms with Gasteiger partial charge in [0.15, 0.2) is 0 Å². The minimum absolute atomic E-state index is 0.0661. The molecule has 1 aromatic carbocycles. The molecular weight excluding hydrogens is 314 g/mol. The van der Waals surface area contributed by atoms with Crippen molar-refractivity contribution in [3.8, 4) is 0 Å². The first-order chi connectivity index (χ1) is 12.2. The lowest BCUT2D eigenvalue weighted by molar-refractivity contribution is 0.0692. The summed E-state index contributed by atoms with van der Waals surface area (Å²) >= 11 is 0. The number of hydrogen-bond donors (Lipinski definition) is 1. The Kier molecular flexibility index (Phi) is 4.03. The van der Waals surface area contributed by atoms with Crippen molar-refractivity contribution in [2.24, 2.45) is 0 Å². The summed E-state index contributed by atoms with van der Waals surface area (Å²) in [7, 11) is 0. The van der Waals surface area contributed by atoms with Gasteiger partial charge in [0.05, 0.1) is 11.0 Å². The van der Waals surface area contributed by atoms with E-state index >= 15 is 0 Å². The smallest absolute Gasteiger partial charge is 0.272 e. The van der Waals surface area contributed by atoms with Crippen molar-refractivity contribution in [2.45, 2.75) is 39.2 Å². The van der Waals surface area contributed by atoms with Crippen molar-refractivity contribution in [3.63, 3.8) is 0 Å². The molecular formula is C19H23N5O. The second kappa shape index (κ2) is 6.35. The quantitative estimate of drug-likeness (QED) is 0.798. The molecule has 0 radical (unpaired) electrons. The van der Waals surface area contributed by atoms with Crippen molar-refractivity contribution in [3.05, 3.63) is 47.5 Å². The Morgan fingerprint density at radius 3 is 3.04 bits per heavy atom. The standard InChI is InChI=1S/C19H23N5O/c1-3-24-16(9-10-20-24)19(25)23-11-5-7-14(12-23)18-21-15-8-4-6-13(2)17(15)22-18/h4,6,8-10,14H,3,5,7,11-12H2,1-2H3,(H,21,22)/t14-/m0/s1. The molecule has 0 saturated carbocycles. The van der Waals surface area contributed by atoms with Gasteiger partial charge in [0.25, 0.3) is 5.91 Å². The first kappa shape index (κ1) is 15.9. The lowest BCUT2D eigenvalue weighted by Gasteiger charge is -2.31. The maximum absolute atomic E-state index is 12.9. The number of hydrogen-bond acceptors (Lipinski definition) is 3. The maximum atomic E-state index is 12.9. The van der Waals surface area contributed by atoms with Crippen LogP contribution >= 0.6 is 0 Å². The molecule has 1 saturated heterocycles. The highest BCUT2D eigenvalue weighted by Crippen LogP contribution is 2.28. The molecule has 6 nitrogen and oxygen atoms in total. The minimum Gasteiger partial charge on any atom is -0.342 e. The van der Waals surface area contributed by atoms with E-state index < -0.39 is 0 Å². The Bertz CT molecular complexity index is 910. The number of aromatic amines is 1. The van der Waals surface area contributed by atoms with Crippen LogP contribution in [0.5, 0.6) is 0 Å². The van der Waals surface area contributed by atoms with Crippen LogP contribution in [0.1, 0.15) is 47.6 Å². The van der Waals surface area contributed by atoms with Gasteiger partial charge in [-0.2, -0.15) is 5.10 Å². The third kappa shape index (κ3) is 2.81. The predicted molar refractivity (Wildman–Crippen MR) is 96.6 cm³/mol. The Balaban J connectivity index is 1.58. The van der Waals surface area contributed by atoms with Crippen LogP contribution in [-0.2, 0) is 6.54 Å². The van der Waals surface area contributed by atoms with Gasteiger partial charge in [0.2, 0.25) is 0 Å².